The molecule has 5 nitrogen and oxygen atoms in total. The molecule has 2 aromatic carbocycles. The Morgan fingerprint density at radius 1 is 1.00 bits per heavy atom. The standard InChI is InChI=1S/C21H16N2O3/c1-15-7-10-17(11-8-15)20(22)23-26-21(24)19-14-13-18(25-19)12-9-16-5-3-2-4-6-16/h2-8,10-11,13-14H,1H3,(H2,22,23). The molecule has 26 heavy (non-hydrogen) atoms. The summed E-state index contributed by atoms with van der Waals surface area (Å²) < 4.78 is 5.36. The number of carbonyl (C=O) groups excluding carboxylic acids is 1. The Bertz CT molecular complexity index is 991. The topological polar surface area (TPSA) is 77.8 Å². The van der Waals surface area contributed by atoms with E-state index < -0.39 is 5.97 Å². The Hall–Kier alpha value is -3.78. The van der Waals surface area contributed by atoms with Gasteiger partial charge < -0.3 is 15.0 Å². The Balaban J connectivity index is 1.66. The molecule has 0 saturated heterocycles. The lowest BCUT2D eigenvalue weighted by molar-refractivity contribution is 0.0479. The van der Waals surface area contributed by atoms with E-state index >= 15 is 0 Å². The average molecular weight is 344 g/mol. The molecule has 0 aliphatic rings. The first-order chi connectivity index (χ1) is 12.6. The first-order valence-corrected chi connectivity index (χ1v) is 7.90. The van der Waals surface area contributed by atoms with Gasteiger partial charge in [-0.05, 0) is 37.1 Å². The number of carbonyl (C=O) groups is 1. The maximum Gasteiger partial charge on any atom is 0.400 e. The van der Waals surface area contributed by atoms with Gasteiger partial charge in [-0.25, -0.2) is 4.79 Å². The number of hydrogen-bond acceptors (Lipinski definition) is 4. The van der Waals surface area contributed by atoms with Crippen LogP contribution in [-0.4, -0.2) is 11.8 Å². The summed E-state index contributed by atoms with van der Waals surface area (Å²) in [6, 6.07) is 19.9. The van der Waals surface area contributed by atoms with Crippen molar-refractivity contribution in [3.63, 3.8) is 0 Å². The fourth-order valence-electron chi connectivity index (χ4n) is 2.08. The van der Waals surface area contributed by atoms with Gasteiger partial charge in [-0.15, -0.1) is 0 Å². The second kappa shape index (κ2) is 7.86. The van der Waals surface area contributed by atoms with E-state index in [0.717, 1.165) is 11.1 Å². The Labute approximate surface area is 151 Å². The molecule has 0 bridgehead atoms. The van der Waals surface area contributed by atoms with Gasteiger partial charge in [0.25, 0.3) is 0 Å². The van der Waals surface area contributed by atoms with Crippen molar-refractivity contribution in [2.24, 2.45) is 10.9 Å². The van der Waals surface area contributed by atoms with E-state index in [1.165, 1.54) is 6.07 Å². The molecule has 0 aliphatic heterocycles. The quantitative estimate of drug-likeness (QED) is 0.259. The number of oxime groups is 1. The van der Waals surface area contributed by atoms with E-state index in [9.17, 15) is 4.79 Å². The van der Waals surface area contributed by atoms with Crippen LogP contribution in [0.15, 0.2) is 76.3 Å². The lowest BCUT2D eigenvalue weighted by atomic mass is 10.1. The van der Waals surface area contributed by atoms with E-state index in [1.54, 1.807) is 18.2 Å². The van der Waals surface area contributed by atoms with Gasteiger partial charge >= 0.3 is 5.97 Å². The smallest absolute Gasteiger partial charge is 0.400 e. The van der Waals surface area contributed by atoms with Crippen molar-refractivity contribution >= 4 is 11.8 Å². The minimum Gasteiger partial charge on any atom is -0.441 e. The van der Waals surface area contributed by atoms with E-state index in [0.29, 0.717) is 11.3 Å². The van der Waals surface area contributed by atoms with Crippen molar-refractivity contribution in [2.45, 2.75) is 6.92 Å². The molecular weight excluding hydrogens is 328 g/mol. The molecule has 0 aliphatic carbocycles. The van der Waals surface area contributed by atoms with Crippen molar-refractivity contribution in [3.05, 3.63) is 94.9 Å². The van der Waals surface area contributed by atoms with Gasteiger partial charge in [-0.3, -0.25) is 0 Å². The molecular formula is C21H16N2O3. The summed E-state index contributed by atoms with van der Waals surface area (Å²) in [7, 11) is 0. The van der Waals surface area contributed by atoms with Crippen LogP contribution >= 0.6 is 0 Å². The second-order valence-electron chi connectivity index (χ2n) is 5.50. The molecule has 1 heterocycles. The minimum absolute atomic E-state index is 0.00261. The summed E-state index contributed by atoms with van der Waals surface area (Å²) >= 11 is 0. The first-order valence-electron chi connectivity index (χ1n) is 7.90. The zero-order valence-corrected chi connectivity index (χ0v) is 14.1. The third kappa shape index (κ3) is 4.40. The lowest BCUT2D eigenvalue weighted by Gasteiger charge is -2.00. The Morgan fingerprint density at radius 2 is 1.73 bits per heavy atom. The molecule has 0 amide bonds. The van der Waals surface area contributed by atoms with Gasteiger partial charge in [0.2, 0.25) is 5.76 Å². The maximum atomic E-state index is 12.0. The van der Waals surface area contributed by atoms with Crippen LogP contribution in [0.4, 0.5) is 0 Å². The van der Waals surface area contributed by atoms with Crippen LogP contribution < -0.4 is 5.73 Å². The average Bonchev–Trinajstić information content (AvgIpc) is 3.15. The maximum absolute atomic E-state index is 12.0. The van der Waals surface area contributed by atoms with Gasteiger partial charge in [-0.2, -0.15) is 0 Å². The first kappa shape index (κ1) is 17.1. The van der Waals surface area contributed by atoms with Crippen LogP contribution in [0, 0.1) is 18.8 Å². The highest BCUT2D eigenvalue weighted by Gasteiger charge is 2.13. The van der Waals surface area contributed by atoms with Crippen LogP contribution in [0.25, 0.3) is 0 Å². The molecule has 1 aromatic heterocycles. The van der Waals surface area contributed by atoms with Crippen molar-refractivity contribution in [1.82, 2.24) is 0 Å². The Kier molecular flexibility index (Phi) is 5.16. The van der Waals surface area contributed by atoms with E-state index in [1.807, 2.05) is 49.4 Å². The van der Waals surface area contributed by atoms with Crippen molar-refractivity contribution < 1.29 is 14.0 Å². The van der Waals surface area contributed by atoms with Crippen molar-refractivity contribution in [1.29, 1.82) is 0 Å². The molecule has 0 unspecified atom stereocenters. The fourth-order valence-corrected chi connectivity index (χ4v) is 2.08. The van der Waals surface area contributed by atoms with Gasteiger partial charge in [0.05, 0.1) is 0 Å². The highest BCUT2D eigenvalue weighted by molar-refractivity contribution is 5.97. The largest absolute Gasteiger partial charge is 0.441 e. The number of nitrogens with zero attached hydrogens (tertiary/aromatic N) is 1. The van der Waals surface area contributed by atoms with Crippen molar-refractivity contribution in [2.75, 3.05) is 0 Å². The molecule has 0 spiro atoms. The van der Waals surface area contributed by atoms with Crippen LogP contribution in [0.1, 0.15) is 33.0 Å². The number of rotatable bonds is 3. The second-order valence-corrected chi connectivity index (χ2v) is 5.50. The number of amidine groups is 1. The normalized spacial score (nSPS) is 10.7. The summed E-state index contributed by atoms with van der Waals surface area (Å²) in [5.74, 6) is 5.52. The van der Waals surface area contributed by atoms with E-state index in [2.05, 4.69) is 17.0 Å². The SMILES string of the molecule is Cc1ccc(/C(N)=N/OC(=O)c2ccc(C#Cc3ccccc3)o2)cc1. The molecule has 0 saturated carbocycles. The van der Waals surface area contributed by atoms with Gasteiger partial charge in [0.15, 0.2) is 11.6 Å². The van der Waals surface area contributed by atoms with Crippen LogP contribution in [0.3, 0.4) is 0 Å². The van der Waals surface area contributed by atoms with Crippen LogP contribution in [0.2, 0.25) is 0 Å². The van der Waals surface area contributed by atoms with Gasteiger partial charge in [0.1, 0.15) is 0 Å². The molecule has 3 rings (SSSR count). The Morgan fingerprint density at radius 3 is 2.46 bits per heavy atom. The highest BCUT2D eigenvalue weighted by atomic mass is 16.7. The van der Waals surface area contributed by atoms with Gasteiger partial charge in [-0.1, -0.05) is 59.1 Å². The molecule has 2 N–H and O–H groups in total. The van der Waals surface area contributed by atoms with Gasteiger partial charge in [0, 0.05) is 11.1 Å². The number of furan rings is 1. The third-order valence-electron chi connectivity index (χ3n) is 3.49. The van der Waals surface area contributed by atoms with Crippen molar-refractivity contribution in [3.8, 4) is 11.8 Å². The molecule has 0 atom stereocenters. The predicted molar refractivity (Wildman–Crippen MR) is 98.4 cm³/mol. The molecule has 0 radical (unpaired) electrons. The highest BCUT2D eigenvalue weighted by Crippen LogP contribution is 2.09. The minimum atomic E-state index is -0.743. The summed E-state index contributed by atoms with van der Waals surface area (Å²) in [6.45, 7) is 1.96. The zero-order chi connectivity index (χ0) is 18.4. The van der Waals surface area contributed by atoms with E-state index in [-0.39, 0.29) is 11.6 Å². The number of hydrogen-bond donors (Lipinski definition) is 1. The summed E-state index contributed by atoms with van der Waals surface area (Å²) in [4.78, 5) is 16.8. The monoisotopic (exact) mass is 344 g/mol. The zero-order valence-electron chi connectivity index (χ0n) is 14.1. The fraction of sp³-hybridized carbons (Fsp3) is 0.0476. The molecule has 3 aromatic rings. The number of benzene rings is 2. The number of aryl methyl sites for hydroxylation is 1. The predicted octanol–water partition coefficient (Wildman–Crippen LogP) is 3.47. The molecule has 0 fully saturated rings. The third-order valence-corrected chi connectivity index (χ3v) is 3.49. The molecule has 128 valence electrons. The summed E-state index contributed by atoms with van der Waals surface area (Å²) in [6.07, 6.45) is 0. The molecule has 5 heteroatoms. The lowest BCUT2D eigenvalue weighted by Crippen LogP contribution is -2.15. The summed E-state index contributed by atoms with van der Waals surface area (Å²) in [5, 5.41) is 3.65. The van der Waals surface area contributed by atoms with Crippen LogP contribution in [0.5, 0.6) is 0 Å². The van der Waals surface area contributed by atoms with Crippen LogP contribution in [-0.2, 0) is 4.84 Å². The summed E-state index contributed by atoms with van der Waals surface area (Å²) in [5.41, 5.74) is 8.42. The number of nitrogens with two attached hydrogens (primary N) is 1. The van der Waals surface area contributed by atoms with E-state index in [4.69, 9.17) is 15.0 Å².